The molecule has 106 valence electrons. The average Bonchev–Trinajstić information content (AvgIpc) is 3.11. The lowest BCUT2D eigenvalue weighted by Crippen LogP contribution is -2.30. The second-order valence-corrected chi connectivity index (χ2v) is 6.38. The summed E-state index contributed by atoms with van der Waals surface area (Å²) in [5.41, 5.74) is 0.389. The lowest BCUT2D eigenvalue weighted by Gasteiger charge is -2.18. The first-order valence-electron chi connectivity index (χ1n) is 6.99. The van der Waals surface area contributed by atoms with Crippen LogP contribution in [0.5, 0.6) is 0 Å². The van der Waals surface area contributed by atoms with Crippen molar-refractivity contribution in [1.29, 1.82) is 0 Å². The van der Waals surface area contributed by atoms with E-state index in [1.54, 1.807) is 6.20 Å². The normalized spacial score (nSPS) is 16.7. The van der Waals surface area contributed by atoms with Gasteiger partial charge in [-0.25, -0.2) is 4.68 Å². The van der Waals surface area contributed by atoms with Crippen LogP contribution in [0.25, 0.3) is 0 Å². The first kappa shape index (κ1) is 14.4. The molecule has 0 amide bonds. The van der Waals surface area contributed by atoms with Crippen LogP contribution in [-0.2, 0) is 6.54 Å². The zero-order chi connectivity index (χ0) is 14.0. The van der Waals surface area contributed by atoms with Gasteiger partial charge in [0, 0.05) is 12.6 Å². The Balaban J connectivity index is 2.15. The van der Waals surface area contributed by atoms with Crippen molar-refractivity contribution in [2.45, 2.75) is 52.6 Å². The van der Waals surface area contributed by atoms with E-state index in [4.69, 9.17) is 11.6 Å². The van der Waals surface area contributed by atoms with Gasteiger partial charge in [0.25, 0.3) is 5.56 Å². The summed E-state index contributed by atoms with van der Waals surface area (Å²) in [6.45, 7) is 7.11. The Labute approximate surface area is 119 Å². The second-order valence-electron chi connectivity index (χ2n) is 5.97. The molecule has 1 aliphatic rings. The summed E-state index contributed by atoms with van der Waals surface area (Å²) in [5.74, 6) is 1.20. The third-order valence-corrected chi connectivity index (χ3v) is 3.63. The summed E-state index contributed by atoms with van der Waals surface area (Å²) >= 11 is 6.10. The van der Waals surface area contributed by atoms with E-state index in [0.29, 0.717) is 29.1 Å². The first-order chi connectivity index (χ1) is 8.97. The van der Waals surface area contributed by atoms with Gasteiger partial charge in [-0.3, -0.25) is 4.79 Å². The maximum Gasteiger partial charge on any atom is 0.291 e. The van der Waals surface area contributed by atoms with Gasteiger partial charge in [-0.05, 0) is 38.0 Å². The van der Waals surface area contributed by atoms with Crippen LogP contribution in [0, 0.1) is 11.8 Å². The zero-order valence-electron chi connectivity index (χ0n) is 11.8. The van der Waals surface area contributed by atoms with E-state index in [9.17, 15) is 4.79 Å². The summed E-state index contributed by atoms with van der Waals surface area (Å²) in [4.78, 5) is 12.3. The molecular formula is C14H22ClN3O. The maximum atomic E-state index is 12.3. The molecule has 5 heteroatoms. The molecule has 1 aromatic heterocycles. The fourth-order valence-corrected chi connectivity index (χ4v) is 2.47. The highest BCUT2D eigenvalue weighted by Crippen LogP contribution is 2.30. The predicted molar refractivity (Wildman–Crippen MR) is 78.8 cm³/mol. The lowest BCUT2D eigenvalue weighted by atomic mass is 10.1. The van der Waals surface area contributed by atoms with E-state index < -0.39 is 0 Å². The Morgan fingerprint density at radius 2 is 2.16 bits per heavy atom. The molecule has 1 heterocycles. The van der Waals surface area contributed by atoms with Gasteiger partial charge < -0.3 is 5.32 Å². The van der Waals surface area contributed by atoms with E-state index in [1.165, 1.54) is 17.5 Å². The molecule has 19 heavy (non-hydrogen) atoms. The summed E-state index contributed by atoms with van der Waals surface area (Å²) in [5, 5.41) is 7.77. The summed E-state index contributed by atoms with van der Waals surface area (Å²) in [6.07, 6.45) is 4.96. The highest BCUT2D eigenvalue weighted by molar-refractivity contribution is 6.33. The van der Waals surface area contributed by atoms with E-state index in [1.807, 2.05) is 0 Å². The minimum atomic E-state index is -0.102. The Morgan fingerprint density at radius 1 is 1.47 bits per heavy atom. The molecule has 0 spiro atoms. The number of nitrogens with one attached hydrogen (secondary N) is 1. The number of anilines is 1. The molecule has 0 saturated heterocycles. The van der Waals surface area contributed by atoms with Crippen molar-refractivity contribution in [1.82, 2.24) is 9.78 Å². The molecule has 1 unspecified atom stereocenters. The van der Waals surface area contributed by atoms with Crippen LogP contribution < -0.4 is 10.9 Å². The van der Waals surface area contributed by atoms with Crippen molar-refractivity contribution in [3.05, 3.63) is 21.6 Å². The quantitative estimate of drug-likeness (QED) is 0.872. The third-order valence-electron chi connectivity index (χ3n) is 3.34. The molecule has 4 nitrogen and oxygen atoms in total. The van der Waals surface area contributed by atoms with Crippen LogP contribution >= 0.6 is 11.6 Å². The Bertz CT molecular complexity index is 494. The SMILES string of the molecule is CC(C)CC(C)Nc1c(Cl)cnn(CC2CC2)c1=O. The number of halogens is 1. The standard InChI is InChI=1S/C14H22ClN3O/c1-9(2)6-10(3)17-13-12(15)7-16-18(14(13)19)8-11-4-5-11/h7,9-11,17H,4-6,8H2,1-3H3. The minimum absolute atomic E-state index is 0.102. The number of hydrogen-bond acceptors (Lipinski definition) is 3. The van der Waals surface area contributed by atoms with Crippen LogP contribution in [0.4, 0.5) is 5.69 Å². The maximum absolute atomic E-state index is 12.3. The highest BCUT2D eigenvalue weighted by Gasteiger charge is 2.23. The monoisotopic (exact) mass is 283 g/mol. The van der Waals surface area contributed by atoms with Gasteiger partial charge in [0.2, 0.25) is 0 Å². The van der Waals surface area contributed by atoms with Crippen molar-refractivity contribution in [2.75, 3.05) is 5.32 Å². The van der Waals surface area contributed by atoms with Gasteiger partial charge >= 0.3 is 0 Å². The molecule has 0 bridgehead atoms. The molecule has 0 aromatic carbocycles. The largest absolute Gasteiger partial charge is 0.377 e. The van der Waals surface area contributed by atoms with Crippen LogP contribution in [0.1, 0.15) is 40.0 Å². The molecule has 1 aromatic rings. The van der Waals surface area contributed by atoms with E-state index in [2.05, 4.69) is 31.2 Å². The van der Waals surface area contributed by atoms with Crippen LogP contribution in [0.3, 0.4) is 0 Å². The van der Waals surface area contributed by atoms with Gasteiger partial charge in [-0.1, -0.05) is 25.4 Å². The number of hydrogen-bond donors (Lipinski definition) is 1. The van der Waals surface area contributed by atoms with Crippen LogP contribution in [0.15, 0.2) is 11.0 Å². The molecule has 0 radical (unpaired) electrons. The first-order valence-corrected chi connectivity index (χ1v) is 7.37. The molecule has 1 aliphatic carbocycles. The fraction of sp³-hybridized carbons (Fsp3) is 0.714. The highest BCUT2D eigenvalue weighted by atomic mass is 35.5. The molecule has 0 aliphatic heterocycles. The van der Waals surface area contributed by atoms with Gasteiger partial charge in [0.05, 0.1) is 11.2 Å². The minimum Gasteiger partial charge on any atom is -0.377 e. The number of rotatable bonds is 6. The summed E-state index contributed by atoms with van der Waals surface area (Å²) in [7, 11) is 0. The molecular weight excluding hydrogens is 262 g/mol. The molecule has 1 fully saturated rings. The van der Waals surface area contributed by atoms with Gasteiger partial charge in [0.15, 0.2) is 0 Å². The Kier molecular flexibility index (Phi) is 4.50. The van der Waals surface area contributed by atoms with E-state index in [-0.39, 0.29) is 11.6 Å². The van der Waals surface area contributed by atoms with Crippen molar-refractivity contribution in [2.24, 2.45) is 11.8 Å². The Morgan fingerprint density at radius 3 is 2.74 bits per heavy atom. The van der Waals surface area contributed by atoms with E-state index in [0.717, 1.165) is 6.42 Å². The molecule has 2 rings (SSSR count). The number of nitrogens with zero attached hydrogens (tertiary/aromatic N) is 2. The molecule has 1 saturated carbocycles. The summed E-state index contributed by atoms with van der Waals surface area (Å²) in [6, 6.07) is 0.224. The lowest BCUT2D eigenvalue weighted by molar-refractivity contribution is 0.525. The third kappa shape index (κ3) is 3.96. The fourth-order valence-electron chi connectivity index (χ4n) is 2.29. The Hall–Kier alpha value is -1.03. The smallest absolute Gasteiger partial charge is 0.291 e. The van der Waals surface area contributed by atoms with Gasteiger partial charge in [0.1, 0.15) is 5.69 Å². The molecule has 1 atom stereocenters. The number of aromatic nitrogens is 2. The van der Waals surface area contributed by atoms with E-state index >= 15 is 0 Å². The second kappa shape index (κ2) is 5.95. The molecule has 1 N–H and O–H groups in total. The van der Waals surface area contributed by atoms with Crippen LogP contribution in [0.2, 0.25) is 5.02 Å². The average molecular weight is 284 g/mol. The van der Waals surface area contributed by atoms with Crippen molar-refractivity contribution < 1.29 is 0 Å². The van der Waals surface area contributed by atoms with Crippen molar-refractivity contribution >= 4 is 17.3 Å². The predicted octanol–water partition coefficient (Wildman–Crippen LogP) is 3.15. The van der Waals surface area contributed by atoms with Crippen molar-refractivity contribution in [3.8, 4) is 0 Å². The topological polar surface area (TPSA) is 46.9 Å². The van der Waals surface area contributed by atoms with Crippen LogP contribution in [-0.4, -0.2) is 15.8 Å². The van der Waals surface area contributed by atoms with Crippen molar-refractivity contribution in [3.63, 3.8) is 0 Å². The van der Waals surface area contributed by atoms with Gasteiger partial charge in [-0.15, -0.1) is 0 Å². The van der Waals surface area contributed by atoms with Gasteiger partial charge in [-0.2, -0.15) is 5.10 Å². The zero-order valence-corrected chi connectivity index (χ0v) is 12.6. The summed E-state index contributed by atoms with van der Waals surface area (Å²) < 4.78 is 1.54.